The van der Waals surface area contributed by atoms with Gasteiger partial charge in [0.1, 0.15) is 0 Å². The van der Waals surface area contributed by atoms with E-state index >= 15 is 0 Å². The highest BCUT2D eigenvalue weighted by Gasteiger charge is 2.30. The molecule has 1 N–H and O–H groups in total. The fourth-order valence-corrected chi connectivity index (χ4v) is 2.10. The average Bonchev–Trinajstić information content (AvgIpc) is 2.60. The predicted octanol–water partition coefficient (Wildman–Crippen LogP) is 4.55. The number of nitrogens with one attached hydrogen (secondary N) is 1. The molecule has 8 heteroatoms. The average molecular weight is 384 g/mol. The molecule has 0 unspecified atom stereocenters. The molecule has 0 aromatic heterocycles. The zero-order valence-electron chi connectivity index (χ0n) is 13.2. The maximum Gasteiger partial charge on any atom is 0.416 e. The highest BCUT2D eigenvalue weighted by atomic mass is 35.5. The second kappa shape index (κ2) is 8.53. The number of hydrogen-bond donors (Lipinski definition) is 1. The Morgan fingerprint density at radius 2 is 1.85 bits per heavy atom. The summed E-state index contributed by atoms with van der Waals surface area (Å²) in [6.07, 6.45) is -2.36. The number of alkyl halides is 3. The van der Waals surface area contributed by atoms with Gasteiger partial charge in [-0.3, -0.25) is 4.79 Å². The van der Waals surface area contributed by atoms with Crippen LogP contribution in [0.1, 0.15) is 11.1 Å². The van der Waals surface area contributed by atoms with Gasteiger partial charge in [-0.2, -0.15) is 13.2 Å². The first-order valence-corrected chi connectivity index (χ1v) is 7.70. The minimum Gasteiger partial charge on any atom is -0.452 e. The Balaban J connectivity index is 1.88. The summed E-state index contributed by atoms with van der Waals surface area (Å²) in [6.45, 7) is -0.559. The van der Waals surface area contributed by atoms with Crippen molar-refractivity contribution in [3.8, 4) is 0 Å². The van der Waals surface area contributed by atoms with Crippen molar-refractivity contribution in [1.82, 2.24) is 0 Å². The third-order valence-corrected chi connectivity index (χ3v) is 3.45. The van der Waals surface area contributed by atoms with Crippen LogP contribution in [0.25, 0.3) is 6.08 Å². The minimum absolute atomic E-state index is 0.178. The lowest BCUT2D eigenvalue weighted by Gasteiger charge is -2.07. The van der Waals surface area contributed by atoms with E-state index in [1.807, 2.05) is 0 Å². The van der Waals surface area contributed by atoms with Gasteiger partial charge in [0, 0.05) is 6.08 Å². The van der Waals surface area contributed by atoms with Crippen LogP contribution in [0, 0.1) is 0 Å². The van der Waals surface area contributed by atoms with Crippen LogP contribution in [0.5, 0.6) is 0 Å². The van der Waals surface area contributed by atoms with Crippen molar-refractivity contribution in [3.63, 3.8) is 0 Å². The third-order valence-electron chi connectivity index (χ3n) is 3.12. The lowest BCUT2D eigenvalue weighted by Crippen LogP contribution is -2.20. The van der Waals surface area contributed by atoms with Crippen LogP contribution in [0.15, 0.2) is 54.6 Å². The number of benzene rings is 2. The SMILES string of the molecule is O=C(COC(=O)/C=C/c1cccc(C(F)(F)F)c1)Nc1ccccc1Cl. The van der Waals surface area contributed by atoms with Gasteiger partial charge in [0.05, 0.1) is 16.3 Å². The van der Waals surface area contributed by atoms with Gasteiger partial charge in [-0.15, -0.1) is 0 Å². The molecule has 136 valence electrons. The lowest BCUT2D eigenvalue weighted by molar-refractivity contribution is -0.142. The Labute approximate surface area is 152 Å². The van der Waals surface area contributed by atoms with Crippen LogP contribution >= 0.6 is 11.6 Å². The molecule has 2 rings (SSSR count). The summed E-state index contributed by atoms with van der Waals surface area (Å²) in [5.41, 5.74) is -0.279. The summed E-state index contributed by atoms with van der Waals surface area (Å²) in [6, 6.07) is 11.0. The fourth-order valence-electron chi connectivity index (χ4n) is 1.92. The molecule has 0 aliphatic rings. The summed E-state index contributed by atoms with van der Waals surface area (Å²) in [5.74, 6) is -1.46. The normalized spacial score (nSPS) is 11.4. The topological polar surface area (TPSA) is 55.4 Å². The Morgan fingerprint density at radius 1 is 1.12 bits per heavy atom. The molecule has 0 fully saturated rings. The highest BCUT2D eigenvalue weighted by molar-refractivity contribution is 6.33. The maximum absolute atomic E-state index is 12.6. The standard InChI is InChI=1S/C18H13ClF3NO3/c19-14-6-1-2-7-15(14)23-16(24)11-26-17(25)9-8-12-4-3-5-13(10-12)18(20,21)22/h1-10H,11H2,(H,23,24)/b9-8+. The molecule has 4 nitrogen and oxygen atoms in total. The van der Waals surface area contributed by atoms with Crippen molar-refractivity contribution in [1.29, 1.82) is 0 Å². The summed E-state index contributed by atoms with van der Waals surface area (Å²) in [7, 11) is 0. The monoisotopic (exact) mass is 383 g/mol. The number of hydrogen-bond acceptors (Lipinski definition) is 3. The van der Waals surface area contributed by atoms with E-state index in [1.54, 1.807) is 24.3 Å². The van der Waals surface area contributed by atoms with Crippen LogP contribution in [-0.4, -0.2) is 18.5 Å². The molecule has 2 aromatic rings. The quantitative estimate of drug-likeness (QED) is 0.608. The molecular formula is C18H13ClF3NO3. The van der Waals surface area contributed by atoms with Crippen molar-refractivity contribution < 1.29 is 27.5 Å². The summed E-state index contributed by atoms with van der Waals surface area (Å²) in [4.78, 5) is 23.3. The second-order valence-electron chi connectivity index (χ2n) is 5.09. The van der Waals surface area contributed by atoms with Crippen LogP contribution in [0.2, 0.25) is 5.02 Å². The van der Waals surface area contributed by atoms with E-state index in [0.29, 0.717) is 10.7 Å². The molecule has 0 radical (unpaired) electrons. The van der Waals surface area contributed by atoms with Crippen LogP contribution in [0.4, 0.5) is 18.9 Å². The van der Waals surface area contributed by atoms with Gasteiger partial charge < -0.3 is 10.1 Å². The summed E-state index contributed by atoms with van der Waals surface area (Å²) < 4.78 is 42.6. The van der Waals surface area contributed by atoms with Gasteiger partial charge in [-0.25, -0.2) is 4.79 Å². The Bertz CT molecular complexity index is 834. The van der Waals surface area contributed by atoms with Crippen LogP contribution in [-0.2, 0) is 20.5 Å². The Hall–Kier alpha value is -2.80. The number of ether oxygens (including phenoxy) is 1. The van der Waals surface area contributed by atoms with Crippen molar-refractivity contribution in [2.24, 2.45) is 0 Å². The second-order valence-corrected chi connectivity index (χ2v) is 5.50. The minimum atomic E-state index is -4.47. The highest BCUT2D eigenvalue weighted by Crippen LogP contribution is 2.29. The molecule has 0 atom stereocenters. The van der Waals surface area contributed by atoms with E-state index in [0.717, 1.165) is 18.2 Å². The number of anilines is 1. The van der Waals surface area contributed by atoms with Gasteiger partial charge in [0.2, 0.25) is 0 Å². The molecule has 26 heavy (non-hydrogen) atoms. The maximum atomic E-state index is 12.6. The number of esters is 1. The first kappa shape index (κ1) is 19.5. The summed E-state index contributed by atoms with van der Waals surface area (Å²) in [5, 5.41) is 2.80. The number of para-hydroxylation sites is 1. The van der Waals surface area contributed by atoms with Gasteiger partial charge in [-0.1, -0.05) is 35.9 Å². The van der Waals surface area contributed by atoms with Crippen LogP contribution < -0.4 is 5.32 Å². The Kier molecular flexibility index (Phi) is 6.41. The van der Waals surface area contributed by atoms with Crippen LogP contribution in [0.3, 0.4) is 0 Å². The molecule has 0 aliphatic carbocycles. The van der Waals surface area contributed by atoms with Gasteiger partial charge in [-0.05, 0) is 35.9 Å². The Morgan fingerprint density at radius 3 is 2.54 bits per heavy atom. The molecule has 2 aromatic carbocycles. The van der Waals surface area contributed by atoms with Gasteiger partial charge in [0.15, 0.2) is 6.61 Å². The van der Waals surface area contributed by atoms with E-state index in [2.05, 4.69) is 5.32 Å². The zero-order valence-corrected chi connectivity index (χ0v) is 14.0. The molecule has 0 heterocycles. The van der Waals surface area contributed by atoms with Crippen molar-refractivity contribution in [2.45, 2.75) is 6.18 Å². The smallest absolute Gasteiger partial charge is 0.416 e. The predicted molar refractivity (Wildman–Crippen MR) is 91.5 cm³/mol. The van der Waals surface area contributed by atoms with Gasteiger partial charge >= 0.3 is 12.1 Å². The lowest BCUT2D eigenvalue weighted by atomic mass is 10.1. The van der Waals surface area contributed by atoms with Crippen molar-refractivity contribution >= 4 is 35.2 Å². The van der Waals surface area contributed by atoms with Crippen molar-refractivity contribution in [3.05, 3.63) is 70.8 Å². The van der Waals surface area contributed by atoms with E-state index < -0.39 is 30.2 Å². The zero-order chi connectivity index (χ0) is 19.2. The first-order valence-electron chi connectivity index (χ1n) is 7.32. The summed E-state index contributed by atoms with van der Waals surface area (Å²) >= 11 is 5.88. The third kappa shape index (κ3) is 5.93. The first-order chi connectivity index (χ1) is 12.3. The van der Waals surface area contributed by atoms with E-state index in [1.165, 1.54) is 18.2 Å². The number of carbonyl (C=O) groups is 2. The molecular weight excluding hydrogens is 371 g/mol. The number of amides is 1. The van der Waals surface area contributed by atoms with Crippen molar-refractivity contribution in [2.75, 3.05) is 11.9 Å². The fraction of sp³-hybridized carbons (Fsp3) is 0.111. The number of halogens is 4. The molecule has 0 saturated carbocycles. The number of rotatable bonds is 5. The molecule has 0 saturated heterocycles. The number of carbonyl (C=O) groups excluding carboxylic acids is 2. The van der Waals surface area contributed by atoms with E-state index in [9.17, 15) is 22.8 Å². The van der Waals surface area contributed by atoms with Gasteiger partial charge in [0.25, 0.3) is 5.91 Å². The molecule has 1 amide bonds. The molecule has 0 aliphatic heterocycles. The molecule has 0 bridgehead atoms. The molecule has 0 spiro atoms. The van der Waals surface area contributed by atoms with E-state index in [-0.39, 0.29) is 5.56 Å². The van der Waals surface area contributed by atoms with E-state index in [4.69, 9.17) is 16.3 Å². The largest absolute Gasteiger partial charge is 0.452 e.